The van der Waals surface area contributed by atoms with Gasteiger partial charge in [-0.05, 0) is 263 Å². The van der Waals surface area contributed by atoms with E-state index >= 15 is 0 Å². The van der Waals surface area contributed by atoms with Crippen LogP contribution in [0.2, 0.25) is 0 Å². The Labute approximate surface area is 831 Å². The van der Waals surface area contributed by atoms with Gasteiger partial charge in [0.1, 0.15) is 11.6 Å². The predicted molar refractivity (Wildman–Crippen MR) is 599 cm³/mol. The third-order valence-corrected chi connectivity index (χ3v) is 31.2. The van der Waals surface area contributed by atoms with E-state index in [4.69, 9.17) is 0 Å². The minimum absolute atomic E-state index is 1.09. The third-order valence-electron chi connectivity index (χ3n) is 27.5. The topological polar surface area (TPSA) is 22.8 Å². The molecule has 0 fully saturated rings. The van der Waals surface area contributed by atoms with E-state index in [2.05, 4.69) is 563 Å². The maximum Gasteiger partial charge on any atom is 0.137 e. The number of hydrogen-bond donors (Lipinski definition) is 0. The highest BCUT2D eigenvalue weighted by Crippen LogP contribution is 2.61. The van der Waals surface area contributed by atoms with Crippen LogP contribution in [-0.2, 0) is 0 Å². The third kappa shape index (κ3) is 15.4. The summed E-state index contributed by atoms with van der Waals surface area (Å²) in [6, 6.07) is 194. The van der Waals surface area contributed by atoms with E-state index < -0.39 is 0 Å². The van der Waals surface area contributed by atoms with Crippen LogP contribution in [0.1, 0.15) is 0 Å². The zero-order valence-corrected chi connectivity index (χ0v) is 79.2. The smallest absolute Gasteiger partial charge is 0.137 e. The summed E-state index contributed by atoms with van der Waals surface area (Å²) in [6.45, 7) is 0. The molecule has 0 unspecified atom stereocenters. The summed E-state index contributed by atoms with van der Waals surface area (Å²) in [5, 5.41) is 10.1. The van der Waals surface area contributed by atoms with Gasteiger partial charge in [0.2, 0.25) is 0 Å². The summed E-state index contributed by atoms with van der Waals surface area (Å²) in [5.41, 5.74) is 32.6. The predicted octanol–water partition coefficient (Wildman–Crippen LogP) is 38.4. The van der Waals surface area contributed by atoms with Crippen molar-refractivity contribution in [2.75, 3.05) is 19.6 Å². The lowest BCUT2D eigenvalue weighted by molar-refractivity contribution is 1.03. The molecule has 141 heavy (non-hydrogen) atoms. The fourth-order valence-corrected chi connectivity index (χ4v) is 24.6. The van der Waals surface area contributed by atoms with E-state index in [-0.39, 0.29) is 0 Å². The zero-order valence-electron chi connectivity index (χ0n) is 76.7. The summed E-state index contributed by atoms with van der Waals surface area (Å²) in [7, 11) is 0. The van der Waals surface area contributed by atoms with Crippen LogP contribution in [0.3, 0.4) is 0 Å². The molecule has 0 radical (unpaired) electrons. The molecule has 6 nitrogen and oxygen atoms in total. The Morgan fingerprint density at radius 1 is 0.170 bits per heavy atom. The highest BCUT2D eigenvalue weighted by molar-refractivity contribution is 8.00. The first-order valence-corrected chi connectivity index (χ1v) is 50.4. The van der Waals surface area contributed by atoms with Crippen molar-refractivity contribution in [3.63, 3.8) is 0 Å². The normalized spacial score (nSPS) is 12.0. The maximum absolute atomic E-state index is 2.46. The lowest BCUT2D eigenvalue weighted by Gasteiger charge is -2.34. The molecule has 0 saturated heterocycles. The van der Waals surface area contributed by atoms with Gasteiger partial charge in [0.15, 0.2) is 0 Å². The summed E-state index contributed by atoms with van der Waals surface area (Å²) >= 11 is 5.62. The highest BCUT2D eigenvalue weighted by atomic mass is 32.2. The Balaban J connectivity index is 0.000000145. The molecular formula is C132H88N6S3. The van der Waals surface area contributed by atoms with Crippen LogP contribution in [0, 0.1) is 0 Å². The van der Waals surface area contributed by atoms with Crippen LogP contribution < -0.4 is 19.6 Å². The van der Waals surface area contributed by atoms with Crippen LogP contribution in [0.25, 0.3) is 153 Å². The van der Waals surface area contributed by atoms with Gasteiger partial charge in [-0.15, -0.1) is 11.3 Å². The fraction of sp³-hybridized carbons (Fsp3) is 0. The number of para-hydroxylation sites is 6. The van der Waals surface area contributed by atoms with Crippen LogP contribution in [0.15, 0.2) is 553 Å². The van der Waals surface area contributed by atoms with Gasteiger partial charge in [-0.25, -0.2) is 0 Å². The largest absolute Gasteiger partial charge is 0.311 e. The minimum atomic E-state index is 1.09. The van der Waals surface area contributed by atoms with E-state index in [0.717, 1.165) is 74.1 Å². The van der Waals surface area contributed by atoms with Crippen LogP contribution in [0.4, 0.5) is 68.5 Å². The summed E-state index contributed by atoms with van der Waals surface area (Å²) in [5.74, 6) is 2.32. The molecule has 0 atom stereocenters. The Bertz CT molecular complexity index is 9000. The molecule has 0 amide bonds. The number of thiophene rings is 1. The number of benzene rings is 22. The number of hydrogen-bond acceptors (Lipinski definition) is 7. The van der Waals surface area contributed by atoms with Crippen molar-refractivity contribution >= 4 is 167 Å². The molecule has 5 heterocycles. The number of nitrogens with zero attached hydrogens (tertiary/aromatic N) is 6. The second-order valence-electron chi connectivity index (χ2n) is 35.8. The molecule has 0 spiro atoms. The molecule has 2 aliphatic heterocycles. The second kappa shape index (κ2) is 36.2. The first-order chi connectivity index (χ1) is 69.9. The summed E-state index contributed by atoms with van der Waals surface area (Å²) in [4.78, 5) is 14.7. The molecule has 0 N–H and O–H groups in total. The van der Waals surface area contributed by atoms with Crippen molar-refractivity contribution in [1.82, 2.24) is 9.13 Å². The number of rotatable bonds is 17. The quantitative estimate of drug-likeness (QED) is 0.0842. The molecule has 3 aromatic heterocycles. The molecule has 9 heteroatoms. The number of fused-ring (bicyclic) bond motifs is 14. The molecule has 0 bridgehead atoms. The first kappa shape index (κ1) is 84.1. The standard InChI is InChI=1S/C68H47N3S.C64H41N3S2/c1-5-18-48(19-6-1)50-36-42-57(43-37-50)69(59-46-40-53(41-47-59)61-27-14-13-26-60(61)52-20-7-2-8-21-52)58-44-38-51(39-45-58)49-32-34-54(35-33-49)62-29-17-31-65-66(62)72-67-63-28-15-16-30-64(63)70(55-22-9-3-10-23-55)68(67)71(65)56-24-11-4-12-25-56;1-3-18-47(19-4-1)66-58-26-11-9-24-56(58)63-64(66)67(48-20-5-2-6-21-48)59-27-14-25-54(62(59)69-63)45-17-13-16-44(39-45)42-31-33-49(34-32-42)65(51-36-38-61-57(41-51)55-23-10-12-28-60(55)68-61)50-35-37-53-46(40-50)30-29-43-15-7-8-22-52(43)53/h1-47H;1-41H. The average molecular weight is 1850 g/mol. The van der Waals surface area contributed by atoms with Crippen LogP contribution in [0.5, 0.6) is 0 Å². The van der Waals surface area contributed by atoms with Crippen LogP contribution in [-0.4, -0.2) is 9.13 Å². The Kier molecular flexibility index (Phi) is 21.6. The van der Waals surface area contributed by atoms with Gasteiger partial charge in [0, 0.05) is 97.6 Å². The van der Waals surface area contributed by atoms with Crippen molar-refractivity contribution in [1.29, 1.82) is 0 Å². The van der Waals surface area contributed by atoms with Crippen molar-refractivity contribution in [3.8, 4) is 89.3 Å². The van der Waals surface area contributed by atoms with Gasteiger partial charge in [-0.2, -0.15) is 0 Å². The number of anilines is 12. The van der Waals surface area contributed by atoms with E-state index in [0.29, 0.717) is 0 Å². The Hall–Kier alpha value is -17.4. The van der Waals surface area contributed by atoms with Crippen molar-refractivity contribution in [2.45, 2.75) is 19.6 Å². The molecule has 2 aliphatic rings. The monoisotopic (exact) mass is 1850 g/mol. The molecule has 0 saturated carbocycles. The van der Waals surface area contributed by atoms with E-state index in [1.54, 1.807) is 0 Å². The van der Waals surface area contributed by atoms with Crippen molar-refractivity contribution in [3.05, 3.63) is 534 Å². The van der Waals surface area contributed by atoms with Gasteiger partial charge >= 0.3 is 0 Å². The molecular weight excluding hydrogens is 1770 g/mol. The molecule has 25 aromatic rings. The molecule has 27 rings (SSSR count). The summed E-state index contributed by atoms with van der Waals surface area (Å²) < 4.78 is 7.45. The lowest BCUT2D eigenvalue weighted by atomic mass is 9.94. The Morgan fingerprint density at radius 2 is 0.496 bits per heavy atom. The fourth-order valence-electron chi connectivity index (χ4n) is 20.9. The van der Waals surface area contributed by atoms with Gasteiger partial charge < -0.3 is 9.80 Å². The molecule has 664 valence electrons. The highest BCUT2D eigenvalue weighted by Gasteiger charge is 2.36. The average Bonchev–Trinajstić information content (AvgIpc) is 1.57. The Morgan fingerprint density at radius 3 is 1.03 bits per heavy atom. The minimum Gasteiger partial charge on any atom is -0.311 e. The van der Waals surface area contributed by atoms with E-state index in [9.17, 15) is 0 Å². The van der Waals surface area contributed by atoms with E-state index in [1.807, 2.05) is 34.9 Å². The number of aromatic nitrogens is 2. The van der Waals surface area contributed by atoms with Crippen molar-refractivity contribution < 1.29 is 0 Å². The van der Waals surface area contributed by atoms with Gasteiger partial charge in [-0.1, -0.05) is 394 Å². The lowest BCUT2D eigenvalue weighted by Crippen LogP contribution is -2.18. The van der Waals surface area contributed by atoms with E-state index in [1.165, 1.54) is 167 Å². The molecule has 0 aliphatic carbocycles. The second-order valence-corrected chi connectivity index (χ2v) is 38.9. The molecule has 22 aromatic carbocycles. The van der Waals surface area contributed by atoms with Crippen LogP contribution >= 0.6 is 34.9 Å². The SMILES string of the molecule is c1ccc(-c2ccc(N(c3ccc(-c4ccc(-c5cccc6c5Sc5c(n(-c7ccccc7)c7ccccc57)N6c5ccccc5)cc4)cc3)c3ccc(-c4ccccc4-c4ccccc4)cc3)cc2)cc1.c1ccc(N2c3cccc(-c4cccc(-c5ccc(N(c6ccc7c(ccc8ccccc87)c6)c6ccc7sc8ccccc8c7c6)cc5)c4)c3Sc3c2n(-c2ccccc2)c2ccccc32)cc1. The first-order valence-electron chi connectivity index (χ1n) is 47.9. The maximum atomic E-state index is 2.46. The zero-order chi connectivity index (χ0) is 93.2. The van der Waals surface area contributed by atoms with Gasteiger partial charge in [0.05, 0.1) is 32.2 Å². The van der Waals surface area contributed by atoms with Crippen molar-refractivity contribution in [2.24, 2.45) is 0 Å². The van der Waals surface area contributed by atoms with Gasteiger partial charge in [0.25, 0.3) is 0 Å². The van der Waals surface area contributed by atoms with Gasteiger partial charge in [-0.3, -0.25) is 18.9 Å². The summed E-state index contributed by atoms with van der Waals surface area (Å²) in [6.07, 6.45) is 0.